The number of pyridine rings is 1. The summed E-state index contributed by atoms with van der Waals surface area (Å²) in [5.41, 5.74) is 1.16. The predicted molar refractivity (Wildman–Crippen MR) is 115 cm³/mol. The zero-order chi connectivity index (χ0) is 20.9. The molecule has 1 N–H and O–H groups in total. The van der Waals surface area contributed by atoms with Gasteiger partial charge in [-0.3, -0.25) is 19.1 Å². The molecule has 1 amide bonds. The summed E-state index contributed by atoms with van der Waals surface area (Å²) in [7, 11) is 0. The molecule has 30 heavy (non-hydrogen) atoms. The smallest absolute Gasteiger partial charge is 0.295 e. The Morgan fingerprint density at radius 1 is 1.30 bits per heavy atom. The van der Waals surface area contributed by atoms with Gasteiger partial charge in [-0.25, -0.2) is 9.97 Å². The van der Waals surface area contributed by atoms with E-state index in [4.69, 9.17) is 4.74 Å². The molecule has 0 aliphatic carbocycles. The molecule has 9 heteroatoms. The van der Waals surface area contributed by atoms with Crippen LogP contribution in [0, 0.1) is 5.92 Å². The fourth-order valence-corrected chi connectivity index (χ4v) is 4.25. The van der Waals surface area contributed by atoms with Crippen LogP contribution < -0.4 is 15.8 Å². The van der Waals surface area contributed by atoms with E-state index in [1.165, 1.54) is 0 Å². The van der Waals surface area contributed by atoms with Gasteiger partial charge in [-0.15, -0.1) is 0 Å². The lowest BCUT2D eigenvalue weighted by atomic mass is 9.97. The van der Waals surface area contributed by atoms with Crippen LogP contribution in [-0.2, 0) is 16.1 Å². The number of fused-ring (bicyclic) bond motifs is 1. The van der Waals surface area contributed by atoms with E-state index in [0.29, 0.717) is 36.6 Å². The molecule has 2 fully saturated rings. The van der Waals surface area contributed by atoms with Crippen LogP contribution in [0.25, 0.3) is 11.2 Å². The second-order valence-electron chi connectivity index (χ2n) is 7.86. The van der Waals surface area contributed by atoms with Gasteiger partial charge in [0.05, 0.1) is 19.1 Å². The molecule has 0 radical (unpaired) electrons. The monoisotopic (exact) mass is 414 g/mol. The molecular formula is C21H30N6O3. The summed E-state index contributed by atoms with van der Waals surface area (Å²) >= 11 is 0. The zero-order valence-corrected chi connectivity index (χ0v) is 17.5. The van der Waals surface area contributed by atoms with Gasteiger partial charge in [0.15, 0.2) is 11.5 Å². The normalized spacial score (nSPS) is 20.4. The van der Waals surface area contributed by atoms with Gasteiger partial charge in [0.1, 0.15) is 5.52 Å². The number of aryl methyl sites for hydroxylation is 1. The Morgan fingerprint density at radius 2 is 2.13 bits per heavy atom. The molecule has 9 nitrogen and oxygen atoms in total. The van der Waals surface area contributed by atoms with Crippen molar-refractivity contribution < 1.29 is 9.53 Å². The van der Waals surface area contributed by atoms with Gasteiger partial charge in [0.2, 0.25) is 5.91 Å². The fourth-order valence-electron chi connectivity index (χ4n) is 4.25. The van der Waals surface area contributed by atoms with E-state index in [1.807, 2.05) is 24.0 Å². The standard InChI is InChI=1S/C21H30N6O3/c1-2-27-18-17(6-3-7-22-18)24-19(21(27)29)26-9-4-5-16(15-26)20(28)23-8-10-25-11-13-30-14-12-25/h3,6-7,16H,2,4-5,8-15H2,1H3,(H,23,28). The van der Waals surface area contributed by atoms with Crippen LogP contribution >= 0.6 is 0 Å². The summed E-state index contributed by atoms with van der Waals surface area (Å²) in [6.07, 6.45) is 3.37. The maximum atomic E-state index is 13.0. The molecule has 1 unspecified atom stereocenters. The van der Waals surface area contributed by atoms with E-state index >= 15 is 0 Å². The Hall–Kier alpha value is -2.52. The summed E-state index contributed by atoms with van der Waals surface area (Å²) in [4.78, 5) is 39.0. The lowest BCUT2D eigenvalue weighted by Crippen LogP contribution is -2.47. The van der Waals surface area contributed by atoms with E-state index < -0.39 is 0 Å². The minimum atomic E-state index is -0.142. The molecule has 162 valence electrons. The number of carbonyl (C=O) groups excluding carboxylic acids is 1. The molecule has 0 spiro atoms. The first-order valence-corrected chi connectivity index (χ1v) is 10.9. The third-order valence-corrected chi connectivity index (χ3v) is 5.92. The van der Waals surface area contributed by atoms with Crippen LogP contribution in [0.5, 0.6) is 0 Å². The number of nitrogens with zero attached hydrogens (tertiary/aromatic N) is 5. The van der Waals surface area contributed by atoms with Crippen molar-refractivity contribution in [3.63, 3.8) is 0 Å². The highest BCUT2D eigenvalue weighted by molar-refractivity contribution is 5.79. The van der Waals surface area contributed by atoms with Crippen LogP contribution in [-0.4, -0.2) is 77.8 Å². The van der Waals surface area contributed by atoms with Crippen LogP contribution in [0.3, 0.4) is 0 Å². The summed E-state index contributed by atoms with van der Waals surface area (Å²) in [6.45, 7) is 8.53. The number of carbonyl (C=O) groups is 1. The Kier molecular flexibility index (Phi) is 6.59. The molecule has 2 aromatic heterocycles. The largest absolute Gasteiger partial charge is 0.379 e. The van der Waals surface area contributed by atoms with Crippen molar-refractivity contribution in [1.82, 2.24) is 24.8 Å². The Labute approximate surface area is 176 Å². The van der Waals surface area contributed by atoms with E-state index in [2.05, 4.69) is 20.2 Å². The minimum absolute atomic E-state index is 0.0613. The summed E-state index contributed by atoms with van der Waals surface area (Å²) in [5, 5.41) is 3.08. The average Bonchev–Trinajstić information content (AvgIpc) is 2.79. The van der Waals surface area contributed by atoms with E-state index in [9.17, 15) is 9.59 Å². The third kappa shape index (κ3) is 4.46. The number of nitrogens with one attached hydrogen (secondary N) is 1. The second-order valence-corrected chi connectivity index (χ2v) is 7.86. The van der Waals surface area contributed by atoms with Gasteiger partial charge in [-0.05, 0) is 31.9 Å². The highest BCUT2D eigenvalue weighted by atomic mass is 16.5. The van der Waals surface area contributed by atoms with E-state index in [0.717, 1.165) is 52.2 Å². The summed E-state index contributed by atoms with van der Waals surface area (Å²) in [6, 6.07) is 3.70. The van der Waals surface area contributed by atoms with Crippen LogP contribution in [0.1, 0.15) is 19.8 Å². The summed E-state index contributed by atoms with van der Waals surface area (Å²) in [5.74, 6) is 0.346. The van der Waals surface area contributed by atoms with Gasteiger partial charge in [0.25, 0.3) is 5.56 Å². The third-order valence-electron chi connectivity index (χ3n) is 5.92. The second kappa shape index (κ2) is 9.53. The highest BCUT2D eigenvalue weighted by Gasteiger charge is 2.28. The molecule has 0 saturated carbocycles. The number of hydrogen-bond acceptors (Lipinski definition) is 7. The van der Waals surface area contributed by atoms with Crippen molar-refractivity contribution >= 4 is 22.9 Å². The van der Waals surface area contributed by atoms with Gasteiger partial charge < -0.3 is 15.0 Å². The molecular weight excluding hydrogens is 384 g/mol. The molecule has 2 aliphatic rings. The van der Waals surface area contributed by atoms with Gasteiger partial charge in [-0.1, -0.05) is 0 Å². The number of piperidine rings is 1. The molecule has 2 saturated heterocycles. The zero-order valence-electron chi connectivity index (χ0n) is 17.5. The SMILES string of the molecule is CCn1c(=O)c(N2CCCC(C(=O)NCCN3CCOCC3)C2)nc2cccnc21. The number of hydrogen-bond donors (Lipinski definition) is 1. The molecule has 0 aromatic carbocycles. The number of aromatic nitrogens is 3. The number of morpholine rings is 1. The van der Waals surface area contributed by atoms with Gasteiger partial charge >= 0.3 is 0 Å². The Morgan fingerprint density at radius 3 is 2.93 bits per heavy atom. The number of rotatable bonds is 6. The average molecular weight is 415 g/mol. The van der Waals surface area contributed by atoms with Gasteiger partial charge in [-0.2, -0.15) is 0 Å². The molecule has 4 rings (SSSR count). The number of ether oxygens (including phenoxy) is 1. The van der Waals surface area contributed by atoms with Crippen molar-refractivity contribution in [1.29, 1.82) is 0 Å². The predicted octanol–water partition coefficient (Wildman–Crippen LogP) is 0.476. The van der Waals surface area contributed by atoms with Crippen molar-refractivity contribution in [2.45, 2.75) is 26.3 Å². The summed E-state index contributed by atoms with van der Waals surface area (Å²) < 4.78 is 7.01. The molecule has 1 atom stereocenters. The first-order chi connectivity index (χ1) is 14.7. The lowest BCUT2D eigenvalue weighted by Gasteiger charge is -2.33. The molecule has 2 aliphatic heterocycles. The number of amides is 1. The van der Waals surface area contributed by atoms with Crippen LogP contribution in [0.15, 0.2) is 23.1 Å². The Bertz CT molecular complexity index is 940. The minimum Gasteiger partial charge on any atom is -0.379 e. The van der Waals surface area contributed by atoms with Gasteiger partial charge in [0, 0.05) is 52.0 Å². The highest BCUT2D eigenvalue weighted by Crippen LogP contribution is 2.21. The van der Waals surface area contributed by atoms with E-state index in [-0.39, 0.29) is 17.4 Å². The van der Waals surface area contributed by atoms with Crippen LogP contribution in [0.4, 0.5) is 5.82 Å². The fraction of sp³-hybridized carbons (Fsp3) is 0.619. The van der Waals surface area contributed by atoms with Crippen molar-refractivity contribution in [2.24, 2.45) is 5.92 Å². The first kappa shape index (κ1) is 20.7. The lowest BCUT2D eigenvalue weighted by molar-refractivity contribution is -0.125. The van der Waals surface area contributed by atoms with Crippen molar-refractivity contribution in [3.8, 4) is 0 Å². The Balaban J connectivity index is 1.43. The molecule has 2 aromatic rings. The quantitative estimate of drug-likeness (QED) is 0.735. The topological polar surface area (TPSA) is 92.6 Å². The number of anilines is 1. The van der Waals surface area contributed by atoms with Crippen molar-refractivity contribution in [3.05, 3.63) is 28.7 Å². The van der Waals surface area contributed by atoms with E-state index in [1.54, 1.807) is 10.8 Å². The first-order valence-electron chi connectivity index (χ1n) is 10.9. The van der Waals surface area contributed by atoms with Crippen molar-refractivity contribution in [2.75, 3.05) is 57.4 Å². The van der Waals surface area contributed by atoms with Crippen LogP contribution in [0.2, 0.25) is 0 Å². The molecule has 4 heterocycles. The molecule has 0 bridgehead atoms. The maximum Gasteiger partial charge on any atom is 0.295 e. The maximum absolute atomic E-state index is 13.0.